The largest absolute Gasteiger partial charge is 0.468 e. The van der Waals surface area contributed by atoms with Crippen molar-refractivity contribution in [1.29, 1.82) is 0 Å². The molecule has 6 heteroatoms. The number of furan rings is 1. The lowest BCUT2D eigenvalue weighted by molar-refractivity contribution is -0.121. The predicted octanol–water partition coefficient (Wildman–Crippen LogP) is 2.76. The average molecular weight is 346 g/mol. The Morgan fingerprint density at radius 3 is 2.60 bits per heavy atom. The van der Waals surface area contributed by atoms with Crippen molar-refractivity contribution in [2.75, 3.05) is 19.6 Å². The van der Waals surface area contributed by atoms with Gasteiger partial charge in [0.2, 0.25) is 5.91 Å². The Morgan fingerprint density at radius 1 is 1.36 bits per heavy atom. The molecule has 0 saturated heterocycles. The number of hydrogen-bond donors (Lipinski definition) is 1. The van der Waals surface area contributed by atoms with Crippen molar-refractivity contribution in [1.82, 2.24) is 20.0 Å². The molecule has 138 valence electrons. The first kappa shape index (κ1) is 19.2. The number of nitrogens with zero attached hydrogens (tertiary/aromatic N) is 3. The van der Waals surface area contributed by atoms with Gasteiger partial charge in [0.05, 0.1) is 18.0 Å². The van der Waals surface area contributed by atoms with Gasteiger partial charge in [-0.05, 0) is 51.1 Å². The van der Waals surface area contributed by atoms with Gasteiger partial charge in [0, 0.05) is 25.7 Å². The summed E-state index contributed by atoms with van der Waals surface area (Å²) in [5.74, 6) is 0.953. The van der Waals surface area contributed by atoms with Gasteiger partial charge in [-0.25, -0.2) is 0 Å². The van der Waals surface area contributed by atoms with Crippen molar-refractivity contribution >= 4 is 5.91 Å². The molecule has 25 heavy (non-hydrogen) atoms. The highest BCUT2D eigenvalue weighted by atomic mass is 16.3. The van der Waals surface area contributed by atoms with Crippen molar-refractivity contribution in [2.24, 2.45) is 7.05 Å². The predicted molar refractivity (Wildman–Crippen MR) is 98.4 cm³/mol. The smallest absolute Gasteiger partial charge is 0.220 e. The van der Waals surface area contributed by atoms with Crippen molar-refractivity contribution in [3.8, 4) is 0 Å². The van der Waals surface area contributed by atoms with E-state index in [-0.39, 0.29) is 11.9 Å². The van der Waals surface area contributed by atoms with Crippen LogP contribution in [0.5, 0.6) is 0 Å². The lowest BCUT2D eigenvalue weighted by Crippen LogP contribution is -2.38. The Hall–Kier alpha value is -2.08. The van der Waals surface area contributed by atoms with Gasteiger partial charge in [-0.1, -0.05) is 13.8 Å². The number of carbonyl (C=O) groups excluding carboxylic acids is 1. The van der Waals surface area contributed by atoms with Crippen LogP contribution in [-0.4, -0.2) is 40.2 Å². The first-order valence-corrected chi connectivity index (χ1v) is 9.01. The second kappa shape index (κ2) is 8.85. The topological polar surface area (TPSA) is 63.3 Å². The highest BCUT2D eigenvalue weighted by molar-refractivity contribution is 5.76. The van der Waals surface area contributed by atoms with Crippen LogP contribution in [-0.2, 0) is 18.3 Å². The number of hydrogen-bond acceptors (Lipinski definition) is 4. The molecule has 0 aliphatic carbocycles. The van der Waals surface area contributed by atoms with Gasteiger partial charge in [0.15, 0.2) is 0 Å². The van der Waals surface area contributed by atoms with Crippen LogP contribution in [0.3, 0.4) is 0 Å². The molecular formula is C19H30N4O2. The molecule has 0 aliphatic heterocycles. The monoisotopic (exact) mass is 346 g/mol. The van der Waals surface area contributed by atoms with Gasteiger partial charge >= 0.3 is 0 Å². The zero-order chi connectivity index (χ0) is 18.4. The Labute approximate surface area is 150 Å². The summed E-state index contributed by atoms with van der Waals surface area (Å²) in [6.07, 6.45) is 2.87. The summed E-state index contributed by atoms with van der Waals surface area (Å²) in [4.78, 5) is 14.6. The van der Waals surface area contributed by atoms with E-state index in [1.54, 1.807) is 6.26 Å². The number of rotatable bonds is 9. The Balaban J connectivity index is 1.92. The van der Waals surface area contributed by atoms with Crippen LogP contribution in [0.25, 0.3) is 0 Å². The number of carbonyl (C=O) groups is 1. The van der Waals surface area contributed by atoms with E-state index in [1.165, 1.54) is 5.56 Å². The first-order chi connectivity index (χ1) is 12.0. The third-order valence-electron chi connectivity index (χ3n) is 4.88. The SMILES string of the molecule is CCN(CC)[C@H](CNC(=O)CCc1c(C)nn(C)c1C)c1ccco1. The van der Waals surface area contributed by atoms with Crippen LogP contribution in [0.2, 0.25) is 0 Å². The second-order valence-electron chi connectivity index (χ2n) is 6.33. The molecule has 2 rings (SSSR count). The fourth-order valence-electron chi connectivity index (χ4n) is 3.27. The summed E-state index contributed by atoms with van der Waals surface area (Å²) in [5, 5.41) is 7.48. The second-order valence-corrected chi connectivity index (χ2v) is 6.33. The van der Waals surface area contributed by atoms with E-state index in [0.29, 0.717) is 19.4 Å². The Bertz CT molecular complexity index is 672. The molecule has 0 unspecified atom stereocenters. The van der Waals surface area contributed by atoms with Crippen molar-refractivity contribution < 1.29 is 9.21 Å². The van der Waals surface area contributed by atoms with Gasteiger partial charge < -0.3 is 9.73 Å². The van der Waals surface area contributed by atoms with Gasteiger partial charge in [-0.2, -0.15) is 5.10 Å². The normalized spacial score (nSPS) is 12.6. The van der Waals surface area contributed by atoms with E-state index >= 15 is 0 Å². The van der Waals surface area contributed by atoms with Crippen LogP contribution >= 0.6 is 0 Å². The molecule has 0 radical (unpaired) electrons. The number of aryl methyl sites for hydroxylation is 2. The number of nitrogens with one attached hydrogen (secondary N) is 1. The van der Waals surface area contributed by atoms with Crippen LogP contribution in [0.4, 0.5) is 0 Å². The van der Waals surface area contributed by atoms with E-state index < -0.39 is 0 Å². The highest BCUT2D eigenvalue weighted by Gasteiger charge is 2.21. The number of amides is 1. The van der Waals surface area contributed by atoms with Crippen LogP contribution < -0.4 is 5.32 Å². The maximum absolute atomic E-state index is 12.3. The summed E-state index contributed by atoms with van der Waals surface area (Å²) in [5.41, 5.74) is 3.30. The fourth-order valence-corrected chi connectivity index (χ4v) is 3.27. The minimum Gasteiger partial charge on any atom is -0.468 e. The Morgan fingerprint density at radius 2 is 2.08 bits per heavy atom. The maximum Gasteiger partial charge on any atom is 0.220 e. The van der Waals surface area contributed by atoms with Crippen molar-refractivity contribution in [3.05, 3.63) is 41.1 Å². The van der Waals surface area contributed by atoms with Gasteiger partial charge in [0.1, 0.15) is 5.76 Å². The summed E-state index contributed by atoms with van der Waals surface area (Å²) in [6, 6.07) is 3.93. The fraction of sp³-hybridized carbons (Fsp3) is 0.579. The van der Waals surface area contributed by atoms with Gasteiger partial charge in [0.25, 0.3) is 0 Å². The molecular weight excluding hydrogens is 316 g/mol. The van der Waals surface area contributed by atoms with Crippen LogP contribution in [0.15, 0.2) is 22.8 Å². The molecule has 0 aliphatic rings. The van der Waals surface area contributed by atoms with E-state index in [9.17, 15) is 4.79 Å². The van der Waals surface area contributed by atoms with E-state index in [2.05, 4.69) is 29.2 Å². The molecule has 0 bridgehead atoms. The summed E-state index contributed by atoms with van der Waals surface area (Å²) < 4.78 is 7.44. The van der Waals surface area contributed by atoms with E-state index in [4.69, 9.17) is 4.42 Å². The van der Waals surface area contributed by atoms with E-state index in [0.717, 1.165) is 30.2 Å². The average Bonchev–Trinajstić information content (AvgIpc) is 3.19. The van der Waals surface area contributed by atoms with Gasteiger partial charge in [-0.15, -0.1) is 0 Å². The third-order valence-corrected chi connectivity index (χ3v) is 4.88. The molecule has 1 N–H and O–H groups in total. The van der Waals surface area contributed by atoms with Crippen LogP contribution in [0, 0.1) is 13.8 Å². The van der Waals surface area contributed by atoms with Crippen molar-refractivity contribution in [3.63, 3.8) is 0 Å². The van der Waals surface area contributed by atoms with Crippen molar-refractivity contribution in [2.45, 2.75) is 46.6 Å². The molecule has 0 spiro atoms. The van der Waals surface area contributed by atoms with Crippen LogP contribution in [0.1, 0.15) is 49.0 Å². The molecule has 6 nitrogen and oxygen atoms in total. The highest BCUT2D eigenvalue weighted by Crippen LogP contribution is 2.20. The minimum atomic E-state index is 0.0614. The molecule has 1 atom stereocenters. The summed E-state index contributed by atoms with van der Waals surface area (Å²) >= 11 is 0. The molecule has 0 fully saturated rings. The molecule has 0 saturated carbocycles. The zero-order valence-electron chi connectivity index (χ0n) is 16.0. The standard InChI is InChI=1S/C19H30N4O2/c1-6-23(7-2)17(18-9-8-12-25-18)13-20-19(24)11-10-16-14(3)21-22(5)15(16)4/h8-9,12,17H,6-7,10-11,13H2,1-5H3,(H,20,24)/t17-/m1/s1. The summed E-state index contributed by atoms with van der Waals surface area (Å²) in [7, 11) is 1.93. The number of likely N-dealkylation sites (N-methyl/N-ethyl adjacent to an activating group) is 1. The first-order valence-electron chi connectivity index (χ1n) is 9.01. The van der Waals surface area contributed by atoms with E-state index in [1.807, 2.05) is 37.7 Å². The molecule has 2 heterocycles. The molecule has 2 aromatic rings. The summed E-state index contributed by atoms with van der Waals surface area (Å²) in [6.45, 7) is 10.6. The zero-order valence-corrected chi connectivity index (χ0v) is 16.0. The Kier molecular flexibility index (Phi) is 6.82. The quantitative estimate of drug-likeness (QED) is 0.758. The van der Waals surface area contributed by atoms with Gasteiger partial charge in [-0.3, -0.25) is 14.4 Å². The molecule has 2 aromatic heterocycles. The number of aromatic nitrogens is 2. The third kappa shape index (κ3) is 4.72. The maximum atomic E-state index is 12.3. The molecule has 0 aromatic carbocycles. The molecule has 1 amide bonds. The lowest BCUT2D eigenvalue weighted by Gasteiger charge is -2.28. The minimum absolute atomic E-state index is 0.0614. The lowest BCUT2D eigenvalue weighted by atomic mass is 10.1.